The first-order valence-electron chi connectivity index (χ1n) is 9.75. The maximum atomic E-state index is 14.6. The van der Waals surface area contributed by atoms with Crippen LogP contribution in [0, 0.1) is 18.7 Å². The number of hydrogen-bond donors (Lipinski definition) is 0. The molecule has 0 radical (unpaired) electrons. The van der Waals surface area contributed by atoms with E-state index in [1.54, 1.807) is 7.11 Å². The van der Waals surface area contributed by atoms with E-state index in [1.165, 1.54) is 11.6 Å². The third kappa shape index (κ3) is 3.90. The summed E-state index contributed by atoms with van der Waals surface area (Å²) >= 11 is 0. The monoisotopic (exact) mass is 387 g/mol. The molecule has 4 heterocycles. The molecule has 1 saturated heterocycles. The van der Waals surface area contributed by atoms with Gasteiger partial charge in [0.15, 0.2) is 5.75 Å². The van der Waals surface area contributed by atoms with Crippen LogP contribution in [0.15, 0.2) is 18.2 Å². The summed E-state index contributed by atoms with van der Waals surface area (Å²) in [7, 11) is 1.64. The van der Waals surface area contributed by atoms with Gasteiger partial charge >= 0.3 is 0 Å². The molecule has 0 spiro atoms. The van der Waals surface area contributed by atoms with E-state index in [9.17, 15) is 4.39 Å². The van der Waals surface area contributed by atoms with Crippen molar-refractivity contribution in [2.24, 2.45) is 5.92 Å². The van der Waals surface area contributed by atoms with Crippen LogP contribution in [-0.2, 0) is 6.42 Å². The molecule has 2 aromatic rings. The number of hydrogen-bond acceptors (Lipinski definition) is 6. The van der Waals surface area contributed by atoms with Crippen molar-refractivity contribution in [3.63, 3.8) is 0 Å². The Balaban J connectivity index is 1.45. The van der Waals surface area contributed by atoms with E-state index in [0.717, 1.165) is 31.6 Å². The van der Waals surface area contributed by atoms with Crippen LogP contribution in [0.3, 0.4) is 0 Å². The fraction of sp³-hybridized carbons (Fsp3) is 0.524. The Morgan fingerprint density at radius 2 is 2.07 bits per heavy atom. The highest BCUT2D eigenvalue weighted by Crippen LogP contribution is 2.35. The van der Waals surface area contributed by atoms with E-state index in [1.807, 2.05) is 19.9 Å². The van der Waals surface area contributed by atoms with Gasteiger partial charge in [0.25, 0.3) is 5.88 Å². The molecule has 2 aliphatic rings. The van der Waals surface area contributed by atoms with Crippen LogP contribution in [-0.4, -0.2) is 48.3 Å². The molecule has 2 atom stereocenters. The smallest absolute Gasteiger partial charge is 0.257 e. The number of rotatable bonds is 5. The fourth-order valence-electron chi connectivity index (χ4n) is 4.08. The number of fused-ring (bicyclic) bond motifs is 1. The molecule has 0 aromatic carbocycles. The van der Waals surface area contributed by atoms with Crippen LogP contribution < -0.4 is 14.2 Å². The summed E-state index contributed by atoms with van der Waals surface area (Å²) in [6.07, 6.45) is 2.03. The van der Waals surface area contributed by atoms with Crippen molar-refractivity contribution in [2.75, 3.05) is 33.4 Å². The number of methoxy groups -OCH3 is 1. The lowest BCUT2D eigenvalue weighted by Crippen LogP contribution is -2.27. The van der Waals surface area contributed by atoms with Crippen LogP contribution in [0.1, 0.15) is 36.3 Å². The molecule has 2 aliphatic heterocycles. The summed E-state index contributed by atoms with van der Waals surface area (Å²) in [5.41, 5.74) is 2.61. The van der Waals surface area contributed by atoms with Gasteiger partial charge in [-0.3, -0.25) is 4.90 Å². The molecule has 150 valence electrons. The van der Waals surface area contributed by atoms with Crippen LogP contribution in [0.25, 0.3) is 0 Å². The lowest BCUT2D eigenvalue weighted by Gasteiger charge is -2.26. The lowest BCUT2D eigenvalue weighted by molar-refractivity contribution is 0.160. The van der Waals surface area contributed by atoms with Crippen molar-refractivity contribution in [3.05, 3.63) is 41.0 Å². The highest BCUT2D eigenvalue weighted by atomic mass is 19.1. The minimum atomic E-state index is -0.338. The van der Waals surface area contributed by atoms with Gasteiger partial charge in [-0.15, -0.1) is 0 Å². The van der Waals surface area contributed by atoms with Crippen molar-refractivity contribution < 1.29 is 18.6 Å². The van der Waals surface area contributed by atoms with Crippen LogP contribution in [0.5, 0.6) is 17.5 Å². The Bertz CT molecular complexity index is 861. The minimum Gasteiger partial charge on any atom is -0.484 e. The first-order valence-corrected chi connectivity index (χ1v) is 9.75. The maximum Gasteiger partial charge on any atom is 0.257 e. The van der Waals surface area contributed by atoms with E-state index in [4.69, 9.17) is 14.2 Å². The maximum absolute atomic E-state index is 14.6. The summed E-state index contributed by atoms with van der Waals surface area (Å²) in [5, 5.41) is 0. The van der Waals surface area contributed by atoms with Gasteiger partial charge in [0.05, 0.1) is 18.8 Å². The van der Waals surface area contributed by atoms with Gasteiger partial charge in [0, 0.05) is 24.4 Å². The second-order valence-corrected chi connectivity index (χ2v) is 7.54. The third-order valence-electron chi connectivity index (χ3n) is 5.50. The predicted octanol–water partition coefficient (Wildman–Crippen LogP) is 3.33. The molecule has 0 bridgehead atoms. The van der Waals surface area contributed by atoms with E-state index >= 15 is 0 Å². The molecule has 0 saturated carbocycles. The van der Waals surface area contributed by atoms with Gasteiger partial charge in [-0.2, -0.15) is 0 Å². The number of aryl methyl sites for hydroxylation is 1. The Kier molecular flexibility index (Phi) is 5.35. The Labute approximate surface area is 164 Å². The van der Waals surface area contributed by atoms with Gasteiger partial charge in [0.2, 0.25) is 5.88 Å². The summed E-state index contributed by atoms with van der Waals surface area (Å²) < 4.78 is 30.8. The molecule has 7 heteroatoms. The zero-order valence-corrected chi connectivity index (χ0v) is 16.6. The zero-order chi connectivity index (χ0) is 19.7. The van der Waals surface area contributed by atoms with Gasteiger partial charge in [-0.05, 0) is 50.8 Å². The van der Waals surface area contributed by atoms with E-state index in [2.05, 4.69) is 20.9 Å². The lowest BCUT2D eigenvalue weighted by atomic mass is 9.99. The number of aromatic nitrogens is 2. The summed E-state index contributed by atoms with van der Waals surface area (Å²) in [6, 6.07) is 5.39. The Morgan fingerprint density at radius 1 is 1.25 bits per heavy atom. The average molecular weight is 387 g/mol. The summed E-state index contributed by atoms with van der Waals surface area (Å²) in [5.74, 6) is 1.61. The van der Waals surface area contributed by atoms with E-state index in [0.29, 0.717) is 42.3 Å². The summed E-state index contributed by atoms with van der Waals surface area (Å²) in [6.45, 7) is 6.67. The number of likely N-dealkylation sites (tertiary alicyclic amines) is 1. The molecule has 28 heavy (non-hydrogen) atoms. The highest BCUT2D eigenvalue weighted by Gasteiger charge is 2.30. The van der Waals surface area contributed by atoms with Crippen molar-refractivity contribution in [3.8, 4) is 17.5 Å². The minimum absolute atomic E-state index is 0.116. The van der Waals surface area contributed by atoms with Crippen molar-refractivity contribution in [1.82, 2.24) is 14.9 Å². The Morgan fingerprint density at radius 3 is 2.89 bits per heavy atom. The van der Waals surface area contributed by atoms with Crippen molar-refractivity contribution >= 4 is 0 Å². The van der Waals surface area contributed by atoms with Gasteiger partial charge in [0.1, 0.15) is 19.0 Å². The van der Waals surface area contributed by atoms with Crippen LogP contribution in [0.2, 0.25) is 0 Å². The summed E-state index contributed by atoms with van der Waals surface area (Å²) in [4.78, 5) is 11.1. The largest absolute Gasteiger partial charge is 0.484 e. The molecule has 1 fully saturated rings. The highest BCUT2D eigenvalue weighted by molar-refractivity contribution is 5.37. The predicted molar refractivity (Wildman–Crippen MR) is 103 cm³/mol. The van der Waals surface area contributed by atoms with E-state index in [-0.39, 0.29) is 11.9 Å². The first-order chi connectivity index (χ1) is 13.5. The third-order valence-corrected chi connectivity index (χ3v) is 5.50. The topological polar surface area (TPSA) is 56.7 Å². The standard InChI is InChI=1S/C21H26FN3O3/c1-13-8-16(10-19(23-13)26-3)9-15-4-5-25(12-15)14(2)20-17(22)11-18-21(24-20)28-7-6-27-18/h8,10-11,14-15H,4-7,9,12H2,1-3H3/t14?,15-/m0/s1. The number of halogens is 1. The molecule has 1 unspecified atom stereocenters. The molecular weight excluding hydrogens is 361 g/mol. The molecule has 2 aromatic heterocycles. The van der Waals surface area contributed by atoms with Gasteiger partial charge in [-0.1, -0.05) is 0 Å². The zero-order valence-electron chi connectivity index (χ0n) is 16.6. The Hall–Kier alpha value is -2.41. The number of nitrogens with zero attached hydrogens (tertiary/aromatic N) is 3. The average Bonchev–Trinajstić information content (AvgIpc) is 3.14. The quantitative estimate of drug-likeness (QED) is 0.784. The van der Waals surface area contributed by atoms with Gasteiger partial charge in [-0.25, -0.2) is 14.4 Å². The van der Waals surface area contributed by atoms with Crippen LogP contribution >= 0.6 is 0 Å². The molecule has 0 amide bonds. The number of pyridine rings is 2. The fourth-order valence-corrected chi connectivity index (χ4v) is 4.08. The second kappa shape index (κ2) is 7.91. The molecular formula is C21H26FN3O3. The number of ether oxygens (including phenoxy) is 3. The normalized spacial score (nSPS) is 20.2. The molecule has 6 nitrogen and oxygen atoms in total. The first kappa shape index (κ1) is 18.9. The van der Waals surface area contributed by atoms with Crippen molar-refractivity contribution in [1.29, 1.82) is 0 Å². The second-order valence-electron chi connectivity index (χ2n) is 7.54. The molecule has 0 N–H and O–H groups in total. The molecule has 0 aliphatic carbocycles. The SMILES string of the molecule is COc1cc(C[C@@H]2CCN(C(C)c3nc4c(cc3F)OCCO4)C2)cc(C)n1. The van der Waals surface area contributed by atoms with Gasteiger partial charge < -0.3 is 14.2 Å². The van der Waals surface area contributed by atoms with E-state index < -0.39 is 0 Å². The van der Waals surface area contributed by atoms with Crippen LogP contribution in [0.4, 0.5) is 4.39 Å². The van der Waals surface area contributed by atoms with Crippen molar-refractivity contribution in [2.45, 2.75) is 32.7 Å². The molecule has 4 rings (SSSR count).